The van der Waals surface area contributed by atoms with Crippen LogP contribution in [0.15, 0.2) is 18.3 Å². The fourth-order valence-electron chi connectivity index (χ4n) is 1.45. The molecule has 0 saturated heterocycles. The van der Waals surface area contributed by atoms with E-state index in [9.17, 15) is 9.59 Å². The lowest BCUT2D eigenvalue weighted by Gasteiger charge is -2.00. The Bertz CT molecular complexity index is 574. The van der Waals surface area contributed by atoms with Gasteiger partial charge in [0.2, 0.25) is 0 Å². The number of aromatic amines is 1. The lowest BCUT2D eigenvalue weighted by Crippen LogP contribution is -2.23. The van der Waals surface area contributed by atoms with E-state index in [4.69, 9.17) is 5.11 Å². The van der Waals surface area contributed by atoms with Crippen LogP contribution in [0.2, 0.25) is 0 Å². The third kappa shape index (κ3) is 2.57. The third-order valence-corrected chi connectivity index (χ3v) is 3.26. The zero-order chi connectivity index (χ0) is 13.1. The van der Waals surface area contributed by atoms with Crippen LogP contribution in [0.5, 0.6) is 0 Å². The number of thiazole rings is 1. The van der Waals surface area contributed by atoms with Crippen molar-refractivity contribution in [2.45, 2.75) is 13.5 Å². The van der Waals surface area contributed by atoms with Gasteiger partial charge in [0.25, 0.3) is 5.91 Å². The highest BCUT2D eigenvalue weighted by molar-refractivity contribution is 7.11. The van der Waals surface area contributed by atoms with Gasteiger partial charge in [0.05, 0.1) is 6.54 Å². The van der Waals surface area contributed by atoms with Crippen LogP contribution in [0.1, 0.15) is 30.9 Å². The quantitative estimate of drug-likeness (QED) is 0.778. The highest BCUT2D eigenvalue weighted by atomic mass is 32.1. The monoisotopic (exact) mass is 265 g/mol. The maximum Gasteiger partial charge on any atom is 0.355 e. The Labute approximate surface area is 107 Å². The van der Waals surface area contributed by atoms with Gasteiger partial charge in [-0.2, -0.15) is 0 Å². The predicted molar refractivity (Wildman–Crippen MR) is 65.8 cm³/mol. The molecule has 7 heteroatoms. The number of aromatic nitrogens is 2. The van der Waals surface area contributed by atoms with Crippen molar-refractivity contribution in [1.29, 1.82) is 0 Å². The van der Waals surface area contributed by atoms with E-state index in [0.29, 0.717) is 15.6 Å². The molecule has 0 aliphatic heterocycles. The van der Waals surface area contributed by atoms with Crippen molar-refractivity contribution in [2.24, 2.45) is 0 Å². The van der Waals surface area contributed by atoms with Crippen molar-refractivity contribution in [3.63, 3.8) is 0 Å². The van der Waals surface area contributed by atoms with Gasteiger partial charge in [-0.05, 0) is 19.1 Å². The van der Waals surface area contributed by atoms with Gasteiger partial charge < -0.3 is 15.4 Å². The van der Waals surface area contributed by atoms with E-state index in [0.717, 1.165) is 0 Å². The van der Waals surface area contributed by atoms with E-state index < -0.39 is 5.97 Å². The van der Waals surface area contributed by atoms with Gasteiger partial charge in [-0.25, -0.2) is 9.78 Å². The number of amides is 1. The summed E-state index contributed by atoms with van der Waals surface area (Å²) in [4.78, 5) is 29.8. The highest BCUT2D eigenvalue weighted by Crippen LogP contribution is 2.17. The highest BCUT2D eigenvalue weighted by Gasteiger charge is 2.14. The minimum Gasteiger partial charge on any atom is -0.476 e. The Morgan fingerprint density at radius 3 is 2.89 bits per heavy atom. The van der Waals surface area contributed by atoms with Crippen molar-refractivity contribution in [2.75, 3.05) is 0 Å². The molecule has 0 aliphatic carbocycles. The first-order chi connectivity index (χ1) is 8.58. The first-order valence-electron chi connectivity index (χ1n) is 5.19. The number of nitrogens with one attached hydrogen (secondary N) is 2. The van der Waals surface area contributed by atoms with Gasteiger partial charge >= 0.3 is 5.97 Å². The van der Waals surface area contributed by atoms with Crippen LogP contribution < -0.4 is 5.32 Å². The van der Waals surface area contributed by atoms with E-state index in [1.165, 1.54) is 11.3 Å². The average Bonchev–Trinajstić information content (AvgIpc) is 2.94. The number of carbonyl (C=O) groups is 2. The van der Waals surface area contributed by atoms with Gasteiger partial charge in [0, 0.05) is 11.1 Å². The summed E-state index contributed by atoms with van der Waals surface area (Å²) in [6.07, 6.45) is 1.66. The van der Waals surface area contributed by atoms with Crippen LogP contribution in [0.25, 0.3) is 0 Å². The molecule has 3 N–H and O–H groups in total. The molecule has 2 aromatic heterocycles. The number of carboxylic acids is 1. The summed E-state index contributed by atoms with van der Waals surface area (Å²) >= 11 is 1.27. The Morgan fingerprint density at radius 2 is 2.33 bits per heavy atom. The maximum absolute atomic E-state index is 11.6. The molecule has 0 bridgehead atoms. The summed E-state index contributed by atoms with van der Waals surface area (Å²) < 4.78 is 0. The van der Waals surface area contributed by atoms with Crippen LogP contribution >= 0.6 is 11.3 Å². The molecule has 6 nitrogen and oxygen atoms in total. The number of carbonyl (C=O) groups excluding carboxylic acids is 1. The molecular weight excluding hydrogens is 254 g/mol. The minimum absolute atomic E-state index is 0.0455. The Kier molecular flexibility index (Phi) is 3.42. The lowest BCUT2D eigenvalue weighted by molar-refractivity contribution is 0.0690. The Hall–Kier alpha value is -2.15. The van der Waals surface area contributed by atoms with Crippen molar-refractivity contribution in [3.05, 3.63) is 39.6 Å². The molecule has 0 aliphatic rings. The summed E-state index contributed by atoms with van der Waals surface area (Å²) in [7, 11) is 0. The third-order valence-electron chi connectivity index (χ3n) is 2.29. The second-order valence-electron chi connectivity index (χ2n) is 3.58. The van der Waals surface area contributed by atoms with E-state index in [1.807, 2.05) is 0 Å². The molecule has 0 atom stereocenters. The normalized spacial score (nSPS) is 10.3. The van der Waals surface area contributed by atoms with E-state index in [2.05, 4.69) is 15.3 Å². The second kappa shape index (κ2) is 5.01. The SMILES string of the molecule is Cc1sc(CNC(=O)c2ccc[nH]2)nc1C(=O)O. The number of hydrogen-bond donors (Lipinski definition) is 3. The van der Waals surface area contributed by atoms with Crippen LogP contribution in [0.3, 0.4) is 0 Å². The maximum atomic E-state index is 11.6. The molecule has 2 heterocycles. The van der Waals surface area contributed by atoms with Gasteiger partial charge in [0.15, 0.2) is 5.69 Å². The van der Waals surface area contributed by atoms with Crippen molar-refractivity contribution in [1.82, 2.24) is 15.3 Å². The molecule has 2 aromatic rings. The molecule has 0 saturated carbocycles. The van der Waals surface area contributed by atoms with Crippen LogP contribution in [-0.4, -0.2) is 27.0 Å². The largest absolute Gasteiger partial charge is 0.476 e. The molecule has 1 amide bonds. The number of aromatic carboxylic acids is 1. The van der Waals surface area contributed by atoms with Crippen LogP contribution in [-0.2, 0) is 6.54 Å². The number of rotatable bonds is 4. The van der Waals surface area contributed by atoms with Crippen LogP contribution in [0, 0.1) is 6.92 Å². The summed E-state index contributed by atoms with van der Waals surface area (Å²) in [6, 6.07) is 3.39. The van der Waals surface area contributed by atoms with E-state index >= 15 is 0 Å². The second-order valence-corrected chi connectivity index (χ2v) is 4.87. The van der Waals surface area contributed by atoms with Crippen molar-refractivity contribution < 1.29 is 14.7 Å². The fraction of sp³-hybridized carbons (Fsp3) is 0.182. The zero-order valence-corrected chi connectivity index (χ0v) is 10.4. The molecule has 2 rings (SSSR count). The number of carboxylic acid groups (broad SMARTS) is 1. The molecule has 0 spiro atoms. The first kappa shape index (κ1) is 12.3. The number of H-pyrrole nitrogens is 1. The zero-order valence-electron chi connectivity index (χ0n) is 9.56. The number of hydrogen-bond acceptors (Lipinski definition) is 4. The van der Waals surface area contributed by atoms with E-state index in [1.54, 1.807) is 25.3 Å². The standard InChI is InChI=1S/C11H11N3O3S/c1-6-9(11(16)17)14-8(18-6)5-13-10(15)7-3-2-4-12-7/h2-4,12H,5H2,1H3,(H,13,15)(H,16,17). The Morgan fingerprint density at radius 1 is 1.56 bits per heavy atom. The molecule has 0 radical (unpaired) electrons. The topological polar surface area (TPSA) is 95.1 Å². The van der Waals surface area contributed by atoms with Gasteiger partial charge in [-0.1, -0.05) is 0 Å². The van der Waals surface area contributed by atoms with E-state index in [-0.39, 0.29) is 18.1 Å². The minimum atomic E-state index is -1.05. The Balaban J connectivity index is 2.01. The van der Waals surface area contributed by atoms with Gasteiger partial charge in [-0.15, -0.1) is 11.3 Å². The molecule has 0 aromatic carbocycles. The molecule has 94 valence electrons. The first-order valence-corrected chi connectivity index (χ1v) is 6.00. The summed E-state index contributed by atoms with van der Waals surface area (Å²) in [5.74, 6) is -1.30. The predicted octanol–water partition coefficient (Wildman–Crippen LogP) is 1.41. The fourth-order valence-corrected chi connectivity index (χ4v) is 2.31. The molecule has 18 heavy (non-hydrogen) atoms. The smallest absolute Gasteiger partial charge is 0.355 e. The summed E-state index contributed by atoms with van der Waals surface area (Å²) in [6.45, 7) is 1.91. The average molecular weight is 265 g/mol. The number of nitrogens with zero attached hydrogens (tertiary/aromatic N) is 1. The van der Waals surface area contributed by atoms with Crippen LogP contribution in [0.4, 0.5) is 0 Å². The van der Waals surface area contributed by atoms with Gasteiger partial charge in [0.1, 0.15) is 10.7 Å². The molecular formula is C11H11N3O3S. The number of aryl methyl sites for hydroxylation is 1. The van der Waals surface area contributed by atoms with Crippen molar-refractivity contribution >= 4 is 23.2 Å². The lowest BCUT2D eigenvalue weighted by atomic mass is 10.4. The molecule has 0 fully saturated rings. The van der Waals surface area contributed by atoms with Gasteiger partial charge in [-0.3, -0.25) is 4.79 Å². The molecule has 0 unspecified atom stereocenters. The summed E-state index contributed by atoms with van der Waals surface area (Å²) in [5, 5.41) is 12.1. The summed E-state index contributed by atoms with van der Waals surface area (Å²) in [5.41, 5.74) is 0.505. The van der Waals surface area contributed by atoms with Crippen molar-refractivity contribution in [3.8, 4) is 0 Å².